The minimum Gasteiger partial charge on any atom is -0.493 e. The number of rotatable bonds is 2. The van der Waals surface area contributed by atoms with E-state index in [4.69, 9.17) is 9.15 Å². The molecule has 0 radical (unpaired) electrons. The van der Waals surface area contributed by atoms with Gasteiger partial charge in [0.25, 0.3) is 0 Å². The molecule has 0 saturated heterocycles. The van der Waals surface area contributed by atoms with E-state index in [9.17, 15) is 4.79 Å². The summed E-state index contributed by atoms with van der Waals surface area (Å²) in [6, 6.07) is 3.02. The van der Waals surface area contributed by atoms with Crippen molar-refractivity contribution < 1.29 is 9.15 Å². The molecule has 0 spiro atoms. The maximum Gasteiger partial charge on any atom is 0.339 e. The van der Waals surface area contributed by atoms with Crippen LogP contribution in [0.1, 0.15) is 12.7 Å². The van der Waals surface area contributed by atoms with Crippen molar-refractivity contribution in [3.8, 4) is 5.75 Å². The van der Waals surface area contributed by atoms with Crippen LogP contribution in [0.4, 0.5) is 0 Å². The Kier molecular flexibility index (Phi) is 2.31. The smallest absolute Gasteiger partial charge is 0.339 e. The number of aryl methyl sites for hydroxylation is 1. The molecule has 1 heterocycles. The molecule has 0 bridgehead atoms. The summed E-state index contributed by atoms with van der Waals surface area (Å²) in [7, 11) is 0. The van der Waals surface area contributed by atoms with Gasteiger partial charge in [0.15, 0.2) is 0 Å². The largest absolute Gasteiger partial charge is 0.493 e. The summed E-state index contributed by atoms with van der Waals surface area (Å²) in [4.78, 5) is 10.7. The van der Waals surface area contributed by atoms with Crippen molar-refractivity contribution in [2.75, 3.05) is 6.61 Å². The molecule has 0 amide bonds. The average molecular weight is 154 g/mol. The van der Waals surface area contributed by atoms with E-state index in [-0.39, 0.29) is 5.63 Å². The third-order valence-corrected chi connectivity index (χ3v) is 1.18. The van der Waals surface area contributed by atoms with Crippen LogP contribution < -0.4 is 10.4 Å². The molecule has 0 atom stereocenters. The quantitative estimate of drug-likeness (QED) is 0.645. The SMILES string of the molecule is CCOc1cc(C)oc(=O)c1. The molecule has 0 aliphatic carbocycles. The van der Waals surface area contributed by atoms with Crippen LogP contribution in [-0.2, 0) is 0 Å². The molecule has 3 heteroatoms. The van der Waals surface area contributed by atoms with Crippen molar-refractivity contribution in [2.45, 2.75) is 13.8 Å². The molecule has 60 valence electrons. The first-order valence-corrected chi connectivity index (χ1v) is 3.47. The zero-order valence-electron chi connectivity index (χ0n) is 6.59. The Labute approximate surface area is 64.6 Å². The van der Waals surface area contributed by atoms with Crippen molar-refractivity contribution in [1.29, 1.82) is 0 Å². The van der Waals surface area contributed by atoms with Gasteiger partial charge in [0.05, 0.1) is 12.7 Å². The normalized spacial score (nSPS) is 9.64. The molecule has 0 aliphatic rings. The predicted molar refractivity (Wildman–Crippen MR) is 40.9 cm³/mol. The van der Waals surface area contributed by atoms with Crippen LogP contribution in [0, 0.1) is 6.92 Å². The highest BCUT2D eigenvalue weighted by Gasteiger charge is 1.96. The molecule has 1 aromatic heterocycles. The fraction of sp³-hybridized carbons (Fsp3) is 0.375. The molecule has 0 N–H and O–H groups in total. The van der Waals surface area contributed by atoms with Crippen molar-refractivity contribution in [3.05, 3.63) is 28.3 Å². The lowest BCUT2D eigenvalue weighted by molar-refractivity contribution is 0.332. The Bertz CT molecular complexity index is 288. The van der Waals surface area contributed by atoms with E-state index in [0.717, 1.165) is 0 Å². The van der Waals surface area contributed by atoms with Crippen LogP contribution in [0.3, 0.4) is 0 Å². The first kappa shape index (κ1) is 7.85. The Morgan fingerprint density at radius 1 is 1.55 bits per heavy atom. The van der Waals surface area contributed by atoms with Crippen molar-refractivity contribution in [3.63, 3.8) is 0 Å². The van der Waals surface area contributed by atoms with E-state index in [1.165, 1.54) is 6.07 Å². The Balaban J connectivity index is 2.99. The average Bonchev–Trinajstić information content (AvgIpc) is 1.85. The summed E-state index contributed by atoms with van der Waals surface area (Å²) >= 11 is 0. The highest BCUT2D eigenvalue weighted by Crippen LogP contribution is 2.08. The summed E-state index contributed by atoms with van der Waals surface area (Å²) in [5.74, 6) is 1.14. The first-order chi connectivity index (χ1) is 5.22. The highest BCUT2D eigenvalue weighted by molar-refractivity contribution is 5.19. The minimum atomic E-state index is -0.367. The van der Waals surface area contributed by atoms with Gasteiger partial charge in [-0.3, -0.25) is 0 Å². The van der Waals surface area contributed by atoms with Gasteiger partial charge in [0, 0.05) is 6.07 Å². The van der Waals surface area contributed by atoms with Gasteiger partial charge in [-0.25, -0.2) is 4.79 Å². The minimum absolute atomic E-state index is 0.367. The summed E-state index contributed by atoms with van der Waals surface area (Å²) in [6.07, 6.45) is 0. The van der Waals surface area contributed by atoms with E-state index >= 15 is 0 Å². The Morgan fingerprint density at radius 2 is 2.27 bits per heavy atom. The molecule has 0 aromatic carbocycles. The second-order valence-corrected chi connectivity index (χ2v) is 2.16. The molecular formula is C8H10O3. The standard InChI is InChI=1S/C8H10O3/c1-3-10-7-4-6(2)11-8(9)5-7/h4-5H,3H2,1-2H3. The van der Waals surface area contributed by atoms with Crippen molar-refractivity contribution in [1.82, 2.24) is 0 Å². The van der Waals surface area contributed by atoms with E-state index < -0.39 is 0 Å². The first-order valence-electron chi connectivity index (χ1n) is 3.47. The second kappa shape index (κ2) is 3.23. The molecule has 0 aliphatic heterocycles. The predicted octanol–water partition coefficient (Wildman–Crippen LogP) is 1.35. The van der Waals surface area contributed by atoms with Gasteiger partial charge in [-0.05, 0) is 13.8 Å². The number of ether oxygens (including phenoxy) is 1. The zero-order valence-corrected chi connectivity index (χ0v) is 6.59. The van der Waals surface area contributed by atoms with Crippen LogP contribution in [0.5, 0.6) is 5.75 Å². The lowest BCUT2D eigenvalue weighted by atomic mass is 10.4. The second-order valence-electron chi connectivity index (χ2n) is 2.16. The van der Waals surface area contributed by atoms with Crippen LogP contribution in [0.15, 0.2) is 21.3 Å². The molecule has 3 nitrogen and oxygen atoms in total. The number of hydrogen-bond donors (Lipinski definition) is 0. The molecule has 1 rings (SSSR count). The van der Waals surface area contributed by atoms with Gasteiger partial charge in [-0.1, -0.05) is 0 Å². The van der Waals surface area contributed by atoms with Gasteiger partial charge in [-0.2, -0.15) is 0 Å². The third-order valence-electron chi connectivity index (χ3n) is 1.18. The summed E-state index contributed by atoms with van der Waals surface area (Å²) < 4.78 is 9.84. The summed E-state index contributed by atoms with van der Waals surface area (Å²) in [6.45, 7) is 4.14. The highest BCUT2D eigenvalue weighted by atomic mass is 16.5. The lowest BCUT2D eigenvalue weighted by Crippen LogP contribution is -2.00. The fourth-order valence-electron chi connectivity index (χ4n) is 0.826. The molecule has 1 aromatic rings. The maximum atomic E-state index is 10.7. The van der Waals surface area contributed by atoms with E-state index in [2.05, 4.69) is 0 Å². The Hall–Kier alpha value is -1.25. The molecule has 0 fully saturated rings. The molecule has 0 unspecified atom stereocenters. The van der Waals surface area contributed by atoms with Crippen molar-refractivity contribution in [2.24, 2.45) is 0 Å². The monoisotopic (exact) mass is 154 g/mol. The lowest BCUT2D eigenvalue weighted by Gasteiger charge is -2.00. The van der Waals surface area contributed by atoms with E-state index in [1.54, 1.807) is 13.0 Å². The van der Waals surface area contributed by atoms with Gasteiger partial charge in [0.2, 0.25) is 0 Å². The molecule has 0 saturated carbocycles. The van der Waals surface area contributed by atoms with Gasteiger partial charge in [0.1, 0.15) is 11.5 Å². The summed E-state index contributed by atoms with van der Waals surface area (Å²) in [5, 5.41) is 0. The van der Waals surface area contributed by atoms with Gasteiger partial charge in [-0.15, -0.1) is 0 Å². The maximum absolute atomic E-state index is 10.7. The van der Waals surface area contributed by atoms with Gasteiger partial charge >= 0.3 is 5.63 Å². The van der Waals surface area contributed by atoms with Crippen LogP contribution in [0.25, 0.3) is 0 Å². The van der Waals surface area contributed by atoms with Crippen LogP contribution in [0.2, 0.25) is 0 Å². The summed E-state index contributed by atoms with van der Waals surface area (Å²) in [5.41, 5.74) is -0.367. The molecular weight excluding hydrogens is 144 g/mol. The van der Waals surface area contributed by atoms with Crippen LogP contribution in [-0.4, -0.2) is 6.61 Å². The third kappa shape index (κ3) is 2.11. The topological polar surface area (TPSA) is 39.4 Å². The molecule has 11 heavy (non-hydrogen) atoms. The number of hydrogen-bond acceptors (Lipinski definition) is 3. The Morgan fingerprint density at radius 3 is 2.82 bits per heavy atom. The fourth-order valence-corrected chi connectivity index (χ4v) is 0.826. The zero-order chi connectivity index (χ0) is 8.27. The van der Waals surface area contributed by atoms with Gasteiger partial charge < -0.3 is 9.15 Å². The van der Waals surface area contributed by atoms with E-state index in [0.29, 0.717) is 18.1 Å². The van der Waals surface area contributed by atoms with Crippen LogP contribution >= 0.6 is 0 Å². The van der Waals surface area contributed by atoms with Crippen molar-refractivity contribution >= 4 is 0 Å². The van der Waals surface area contributed by atoms with E-state index in [1.807, 2.05) is 6.92 Å².